The Bertz CT molecular complexity index is 1180. The lowest BCUT2D eigenvalue weighted by Gasteiger charge is -2.14. The number of aromatic nitrogens is 3. The number of nitrogens with two attached hydrogens (primary N) is 1. The van der Waals surface area contributed by atoms with Crippen molar-refractivity contribution in [1.29, 1.82) is 0 Å². The maximum atomic E-state index is 11.5. The van der Waals surface area contributed by atoms with Crippen LogP contribution in [-0.2, 0) is 10.3 Å². The SMILES string of the molecule is COc1cc(-c2nnc(OS(N)(=O)=O)n2-c2cccc(OC(C)C)c2)c(O)cc1O. The first-order chi connectivity index (χ1) is 14.1. The highest BCUT2D eigenvalue weighted by Crippen LogP contribution is 2.40. The third kappa shape index (κ3) is 4.55. The van der Waals surface area contributed by atoms with Gasteiger partial charge in [0.2, 0.25) is 0 Å². The maximum absolute atomic E-state index is 11.5. The average Bonchev–Trinajstić information content (AvgIpc) is 3.03. The number of phenolic OH excluding ortho intramolecular Hbond substituents is 2. The van der Waals surface area contributed by atoms with Crippen LogP contribution in [0.3, 0.4) is 0 Å². The summed E-state index contributed by atoms with van der Waals surface area (Å²) in [7, 11) is -3.08. The number of rotatable bonds is 7. The summed E-state index contributed by atoms with van der Waals surface area (Å²) in [5.74, 6) is -0.0811. The van der Waals surface area contributed by atoms with Crippen LogP contribution in [0.15, 0.2) is 36.4 Å². The summed E-state index contributed by atoms with van der Waals surface area (Å²) in [6.07, 6.45) is -0.105. The van der Waals surface area contributed by atoms with E-state index in [1.165, 1.54) is 17.7 Å². The number of hydrogen-bond donors (Lipinski definition) is 3. The van der Waals surface area contributed by atoms with E-state index in [9.17, 15) is 18.6 Å². The Hall–Kier alpha value is -3.51. The zero-order chi connectivity index (χ0) is 22.1. The number of methoxy groups -OCH3 is 1. The minimum Gasteiger partial charge on any atom is -0.507 e. The zero-order valence-corrected chi connectivity index (χ0v) is 17.1. The molecule has 0 atom stereocenters. The number of aromatic hydroxyl groups is 2. The molecule has 0 amide bonds. The summed E-state index contributed by atoms with van der Waals surface area (Å²) < 4.78 is 39.7. The molecular formula is C18H20N4O7S. The second-order valence-corrected chi connectivity index (χ2v) is 7.58. The van der Waals surface area contributed by atoms with Crippen molar-refractivity contribution < 1.29 is 32.3 Å². The first-order valence-corrected chi connectivity index (χ1v) is 10.1. The number of benzene rings is 2. The third-order valence-corrected chi connectivity index (χ3v) is 4.19. The highest BCUT2D eigenvalue weighted by molar-refractivity contribution is 7.84. The van der Waals surface area contributed by atoms with Gasteiger partial charge in [0, 0.05) is 12.1 Å². The van der Waals surface area contributed by atoms with Crippen LogP contribution in [0.5, 0.6) is 29.0 Å². The topological polar surface area (TPSA) is 159 Å². The number of nitrogens with zero attached hydrogens (tertiary/aromatic N) is 3. The minimum atomic E-state index is -4.42. The molecule has 0 unspecified atom stereocenters. The van der Waals surface area contributed by atoms with Crippen LogP contribution in [0.1, 0.15) is 13.8 Å². The van der Waals surface area contributed by atoms with Gasteiger partial charge in [-0.2, -0.15) is 13.6 Å². The summed E-state index contributed by atoms with van der Waals surface area (Å²) >= 11 is 0. The molecule has 0 radical (unpaired) electrons. The average molecular weight is 436 g/mol. The molecule has 30 heavy (non-hydrogen) atoms. The fourth-order valence-electron chi connectivity index (χ4n) is 2.70. The molecule has 1 heterocycles. The molecule has 12 heteroatoms. The fraction of sp³-hybridized carbons (Fsp3) is 0.222. The number of ether oxygens (including phenoxy) is 2. The summed E-state index contributed by atoms with van der Waals surface area (Å²) in [5.41, 5.74) is 0.467. The molecule has 11 nitrogen and oxygen atoms in total. The molecule has 0 saturated carbocycles. The van der Waals surface area contributed by atoms with Crippen molar-refractivity contribution in [3.8, 4) is 46.1 Å². The first-order valence-electron chi connectivity index (χ1n) is 8.64. The molecule has 0 aliphatic carbocycles. The van der Waals surface area contributed by atoms with Crippen molar-refractivity contribution in [2.45, 2.75) is 20.0 Å². The van der Waals surface area contributed by atoms with E-state index in [4.69, 9.17) is 18.8 Å². The third-order valence-electron chi connectivity index (χ3n) is 3.81. The molecular weight excluding hydrogens is 416 g/mol. The molecule has 3 aromatic rings. The van der Waals surface area contributed by atoms with Crippen molar-refractivity contribution in [2.24, 2.45) is 5.14 Å². The number of hydrogen-bond acceptors (Lipinski definition) is 9. The minimum absolute atomic E-state index is 0.00569. The molecule has 0 saturated heterocycles. The van der Waals surface area contributed by atoms with Gasteiger partial charge in [-0.3, -0.25) is 0 Å². The Kier molecular flexibility index (Phi) is 5.71. The molecule has 0 spiro atoms. The molecule has 4 N–H and O–H groups in total. The van der Waals surface area contributed by atoms with Gasteiger partial charge in [-0.15, -0.1) is 5.10 Å². The van der Waals surface area contributed by atoms with Gasteiger partial charge in [-0.1, -0.05) is 11.2 Å². The molecule has 0 aliphatic rings. The predicted molar refractivity (Wildman–Crippen MR) is 106 cm³/mol. The Morgan fingerprint density at radius 2 is 1.83 bits per heavy atom. The lowest BCUT2D eigenvalue weighted by molar-refractivity contribution is 0.242. The van der Waals surface area contributed by atoms with Crippen LogP contribution in [0.25, 0.3) is 17.1 Å². The van der Waals surface area contributed by atoms with E-state index in [2.05, 4.69) is 10.2 Å². The normalized spacial score (nSPS) is 11.5. The van der Waals surface area contributed by atoms with Gasteiger partial charge in [0.25, 0.3) is 0 Å². The van der Waals surface area contributed by atoms with Gasteiger partial charge >= 0.3 is 16.3 Å². The monoisotopic (exact) mass is 436 g/mol. The van der Waals surface area contributed by atoms with Gasteiger partial charge in [-0.25, -0.2) is 4.57 Å². The number of phenols is 2. The van der Waals surface area contributed by atoms with E-state index in [-0.39, 0.29) is 34.7 Å². The standard InChI is InChI=1S/C18H20N4O7S/c1-10(2)28-12-6-4-5-11(7-12)22-17(20-21-18(22)29-30(19,25)26)13-8-16(27-3)15(24)9-14(13)23/h4-10,23-24H,1-3H3,(H2,19,25,26). The van der Waals surface area contributed by atoms with Gasteiger partial charge in [-0.05, 0) is 32.0 Å². The fourth-order valence-corrected chi connectivity index (χ4v) is 3.02. The Morgan fingerprint density at radius 1 is 1.10 bits per heavy atom. The molecule has 2 aromatic carbocycles. The lowest BCUT2D eigenvalue weighted by atomic mass is 10.1. The van der Waals surface area contributed by atoms with Gasteiger partial charge in [0.05, 0.1) is 24.5 Å². The van der Waals surface area contributed by atoms with E-state index >= 15 is 0 Å². The highest BCUT2D eigenvalue weighted by atomic mass is 32.2. The Balaban J connectivity index is 2.24. The summed E-state index contributed by atoms with van der Waals surface area (Å²) in [6.45, 7) is 3.71. The van der Waals surface area contributed by atoms with E-state index in [0.29, 0.717) is 11.4 Å². The van der Waals surface area contributed by atoms with Crippen LogP contribution < -0.4 is 18.8 Å². The molecule has 3 rings (SSSR count). The zero-order valence-electron chi connectivity index (χ0n) is 16.3. The second kappa shape index (κ2) is 8.08. The Morgan fingerprint density at radius 3 is 2.47 bits per heavy atom. The molecule has 0 aliphatic heterocycles. The van der Waals surface area contributed by atoms with Crippen molar-refractivity contribution in [3.63, 3.8) is 0 Å². The van der Waals surface area contributed by atoms with Crippen LogP contribution in [0.4, 0.5) is 0 Å². The van der Waals surface area contributed by atoms with Crippen molar-refractivity contribution in [2.75, 3.05) is 7.11 Å². The van der Waals surface area contributed by atoms with E-state index in [1.807, 2.05) is 13.8 Å². The molecule has 1 aromatic heterocycles. The second-order valence-electron chi connectivity index (χ2n) is 6.42. The van der Waals surface area contributed by atoms with Crippen LogP contribution in [0.2, 0.25) is 0 Å². The summed E-state index contributed by atoms with van der Waals surface area (Å²) in [6, 6.07) is 8.55. The first kappa shape index (κ1) is 21.2. The lowest BCUT2D eigenvalue weighted by Crippen LogP contribution is -2.21. The molecule has 160 valence electrons. The quantitative estimate of drug-likeness (QED) is 0.501. The van der Waals surface area contributed by atoms with Gasteiger partial charge in [0.1, 0.15) is 11.5 Å². The summed E-state index contributed by atoms with van der Waals surface area (Å²) in [4.78, 5) is 0. The van der Waals surface area contributed by atoms with Crippen LogP contribution in [0, 0.1) is 0 Å². The van der Waals surface area contributed by atoms with E-state index < -0.39 is 16.3 Å². The van der Waals surface area contributed by atoms with Crippen molar-refractivity contribution in [3.05, 3.63) is 36.4 Å². The van der Waals surface area contributed by atoms with E-state index in [1.54, 1.807) is 24.3 Å². The van der Waals surface area contributed by atoms with Crippen molar-refractivity contribution in [1.82, 2.24) is 14.8 Å². The van der Waals surface area contributed by atoms with E-state index in [0.717, 1.165) is 6.07 Å². The predicted octanol–water partition coefficient (Wildman–Crippen LogP) is 1.72. The van der Waals surface area contributed by atoms with Gasteiger partial charge < -0.3 is 23.9 Å². The van der Waals surface area contributed by atoms with Crippen LogP contribution >= 0.6 is 0 Å². The molecule has 0 bridgehead atoms. The molecule has 0 fully saturated rings. The maximum Gasteiger partial charge on any atom is 0.382 e. The van der Waals surface area contributed by atoms with Crippen molar-refractivity contribution >= 4 is 10.3 Å². The van der Waals surface area contributed by atoms with Gasteiger partial charge in [0.15, 0.2) is 17.3 Å². The largest absolute Gasteiger partial charge is 0.507 e. The summed E-state index contributed by atoms with van der Waals surface area (Å²) in [5, 5.41) is 32.9. The smallest absolute Gasteiger partial charge is 0.382 e. The Labute approximate surface area is 172 Å². The van der Waals surface area contributed by atoms with Crippen LogP contribution in [-0.4, -0.2) is 46.6 Å². The highest BCUT2D eigenvalue weighted by Gasteiger charge is 2.24.